The smallest absolute Gasteiger partial charge is 0.231 e. The van der Waals surface area contributed by atoms with Gasteiger partial charge in [0.15, 0.2) is 5.96 Å². The molecule has 1 N–H and O–H groups in total. The van der Waals surface area contributed by atoms with E-state index in [0.29, 0.717) is 19.5 Å². The second-order valence-corrected chi connectivity index (χ2v) is 7.94. The van der Waals surface area contributed by atoms with Gasteiger partial charge in [-0.3, -0.25) is 9.79 Å². The summed E-state index contributed by atoms with van der Waals surface area (Å²) in [6.45, 7) is 8.08. The molecule has 0 unspecified atom stereocenters. The topological polar surface area (TPSA) is 51.2 Å². The third-order valence-electron chi connectivity index (χ3n) is 5.24. The molecule has 3 heterocycles. The molecule has 2 aromatic rings. The Morgan fingerprint density at radius 2 is 1.96 bits per heavy atom. The Hall–Kier alpha value is -2.54. The lowest BCUT2D eigenvalue weighted by molar-refractivity contribution is -0.117. The molecular formula is C21H27N5OS. The largest absolute Gasteiger partial charge is 0.360 e. The molecular weight excluding hydrogens is 370 g/mol. The third-order valence-corrected chi connectivity index (χ3v) is 6.17. The maximum atomic E-state index is 12.3. The van der Waals surface area contributed by atoms with Crippen LogP contribution in [-0.2, 0) is 11.2 Å². The van der Waals surface area contributed by atoms with E-state index in [4.69, 9.17) is 4.99 Å². The molecule has 0 aliphatic carbocycles. The summed E-state index contributed by atoms with van der Waals surface area (Å²) >= 11 is 1.80. The lowest BCUT2D eigenvalue weighted by Gasteiger charge is -2.37. The number of aliphatic imine (C=N–C) groups is 1. The van der Waals surface area contributed by atoms with E-state index < -0.39 is 0 Å². The van der Waals surface area contributed by atoms with Crippen molar-refractivity contribution in [3.8, 4) is 0 Å². The maximum absolute atomic E-state index is 12.3. The molecule has 6 nitrogen and oxygen atoms in total. The van der Waals surface area contributed by atoms with Gasteiger partial charge in [-0.05, 0) is 36.1 Å². The summed E-state index contributed by atoms with van der Waals surface area (Å²) in [6, 6.07) is 12.3. The summed E-state index contributed by atoms with van der Waals surface area (Å²) in [5.41, 5.74) is 2.16. The first-order chi connectivity index (χ1) is 13.8. The Morgan fingerprint density at radius 1 is 1.14 bits per heavy atom. The number of hydrogen-bond donors (Lipinski definition) is 1. The first-order valence-corrected chi connectivity index (χ1v) is 10.8. The normalized spacial score (nSPS) is 17.2. The molecule has 7 heteroatoms. The Labute approximate surface area is 170 Å². The number of para-hydroxylation sites is 1. The maximum Gasteiger partial charge on any atom is 0.231 e. The number of hydrogen-bond acceptors (Lipinski definition) is 4. The zero-order chi connectivity index (χ0) is 19.3. The molecule has 1 aromatic carbocycles. The van der Waals surface area contributed by atoms with Gasteiger partial charge in [0.05, 0.1) is 18.0 Å². The molecule has 1 saturated heterocycles. The van der Waals surface area contributed by atoms with Crippen molar-refractivity contribution in [3.05, 3.63) is 47.3 Å². The van der Waals surface area contributed by atoms with E-state index in [0.717, 1.165) is 49.9 Å². The van der Waals surface area contributed by atoms with Gasteiger partial charge in [-0.2, -0.15) is 0 Å². The fourth-order valence-corrected chi connectivity index (χ4v) is 4.62. The number of piperazine rings is 1. The molecule has 1 aromatic heterocycles. The molecule has 0 saturated carbocycles. The van der Waals surface area contributed by atoms with Crippen LogP contribution in [0, 0.1) is 0 Å². The fourth-order valence-electron chi connectivity index (χ4n) is 3.83. The summed E-state index contributed by atoms with van der Waals surface area (Å²) in [4.78, 5) is 23.8. The number of amides is 1. The zero-order valence-corrected chi connectivity index (χ0v) is 17.1. The molecule has 0 radical (unpaired) electrons. The highest BCUT2D eigenvalue weighted by Gasteiger charge is 2.26. The van der Waals surface area contributed by atoms with E-state index in [1.165, 1.54) is 5.00 Å². The Kier molecular flexibility index (Phi) is 5.81. The Morgan fingerprint density at radius 3 is 2.71 bits per heavy atom. The minimum Gasteiger partial charge on any atom is -0.360 e. The SMILES string of the molecule is CCNC(=NCCN1C(=O)Cc2ccccc21)N1CCN(c2cccs2)CC1. The number of fused-ring (bicyclic) bond motifs is 1. The van der Waals surface area contributed by atoms with Gasteiger partial charge < -0.3 is 20.0 Å². The molecule has 0 spiro atoms. The van der Waals surface area contributed by atoms with E-state index in [-0.39, 0.29) is 5.91 Å². The van der Waals surface area contributed by atoms with Gasteiger partial charge in [0.2, 0.25) is 5.91 Å². The van der Waals surface area contributed by atoms with Gasteiger partial charge in [0, 0.05) is 45.0 Å². The Bertz CT molecular complexity index is 827. The highest BCUT2D eigenvalue weighted by molar-refractivity contribution is 7.14. The average molecular weight is 398 g/mol. The second kappa shape index (κ2) is 8.65. The van der Waals surface area contributed by atoms with E-state index >= 15 is 0 Å². The number of carbonyl (C=O) groups excluding carboxylic acids is 1. The van der Waals surface area contributed by atoms with Crippen molar-refractivity contribution in [2.45, 2.75) is 13.3 Å². The van der Waals surface area contributed by atoms with Crippen LogP contribution in [0.15, 0.2) is 46.8 Å². The number of benzene rings is 1. The fraction of sp³-hybridized carbons (Fsp3) is 0.429. The van der Waals surface area contributed by atoms with Crippen LogP contribution in [0.25, 0.3) is 0 Å². The number of guanidine groups is 1. The van der Waals surface area contributed by atoms with Crippen LogP contribution in [0.1, 0.15) is 12.5 Å². The zero-order valence-electron chi connectivity index (χ0n) is 16.3. The third kappa shape index (κ3) is 3.99. The molecule has 1 fully saturated rings. The second-order valence-electron chi connectivity index (χ2n) is 7.01. The van der Waals surface area contributed by atoms with Crippen molar-refractivity contribution in [3.63, 3.8) is 0 Å². The molecule has 0 bridgehead atoms. The number of anilines is 2. The summed E-state index contributed by atoms with van der Waals surface area (Å²) in [6.07, 6.45) is 0.505. The number of thiophene rings is 1. The molecule has 28 heavy (non-hydrogen) atoms. The number of nitrogens with zero attached hydrogens (tertiary/aromatic N) is 4. The van der Waals surface area contributed by atoms with Gasteiger partial charge >= 0.3 is 0 Å². The molecule has 0 atom stereocenters. The van der Waals surface area contributed by atoms with Crippen molar-refractivity contribution < 1.29 is 4.79 Å². The highest BCUT2D eigenvalue weighted by Crippen LogP contribution is 2.28. The quantitative estimate of drug-likeness (QED) is 0.622. The van der Waals surface area contributed by atoms with Gasteiger partial charge in [0.1, 0.15) is 0 Å². The summed E-state index contributed by atoms with van der Waals surface area (Å²) in [7, 11) is 0. The lowest BCUT2D eigenvalue weighted by atomic mass is 10.2. The molecule has 1 amide bonds. The molecule has 4 rings (SSSR count). The van der Waals surface area contributed by atoms with Crippen LogP contribution in [-0.4, -0.2) is 62.6 Å². The van der Waals surface area contributed by atoms with Crippen LogP contribution < -0.4 is 15.1 Å². The molecule has 2 aliphatic rings. The standard InChI is InChI=1S/C21H27N5OS/c1-2-22-21(25-13-11-24(12-14-25)20-8-5-15-28-20)23-9-10-26-18-7-4-3-6-17(18)16-19(26)27/h3-8,15H,2,9-14,16H2,1H3,(H,22,23). The predicted molar refractivity (Wildman–Crippen MR) is 117 cm³/mol. The van der Waals surface area contributed by atoms with E-state index in [1.54, 1.807) is 11.3 Å². The minimum atomic E-state index is 0.172. The number of nitrogens with one attached hydrogen (secondary N) is 1. The van der Waals surface area contributed by atoms with Crippen LogP contribution in [0.5, 0.6) is 0 Å². The summed E-state index contributed by atoms with van der Waals surface area (Å²) in [5.74, 6) is 1.12. The van der Waals surface area contributed by atoms with Crippen LogP contribution in [0.3, 0.4) is 0 Å². The number of carbonyl (C=O) groups is 1. The first-order valence-electron chi connectivity index (χ1n) is 9.96. The Balaban J connectivity index is 1.36. The molecule has 148 valence electrons. The van der Waals surface area contributed by atoms with Crippen LogP contribution >= 0.6 is 11.3 Å². The first kappa shape index (κ1) is 18.8. The predicted octanol–water partition coefficient (Wildman–Crippen LogP) is 2.42. The van der Waals surface area contributed by atoms with Crippen molar-refractivity contribution in [1.82, 2.24) is 10.2 Å². The monoisotopic (exact) mass is 397 g/mol. The van der Waals surface area contributed by atoms with Crippen LogP contribution in [0.2, 0.25) is 0 Å². The van der Waals surface area contributed by atoms with Gasteiger partial charge in [0.25, 0.3) is 0 Å². The summed E-state index contributed by atoms with van der Waals surface area (Å²) < 4.78 is 0. The van der Waals surface area contributed by atoms with Gasteiger partial charge in [-0.1, -0.05) is 18.2 Å². The van der Waals surface area contributed by atoms with Gasteiger partial charge in [-0.15, -0.1) is 11.3 Å². The number of rotatable bonds is 5. The van der Waals surface area contributed by atoms with Gasteiger partial charge in [-0.25, -0.2) is 0 Å². The highest BCUT2D eigenvalue weighted by atomic mass is 32.1. The lowest BCUT2D eigenvalue weighted by Crippen LogP contribution is -2.52. The van der Waals surface area contributed by atoms with E-state index in [2.05, 4.69) is 39.6 Å². The minimum absolute atomic E-state index is 0.172. The van der Waals surface area contributed by atoms with Crippen LogP contribution in [0.4, 0.5) is 10.7 Å². The van der Waals surface area contributed by atoms with Crippen molar-refractivity contribution in [2.75, 3.05) is 55.6 Å². The van der Waals surface area contributed by atoms with Crippen molar-refractivity contribution in [1.29, 1.82) is 0 Å². The average Bonchev–Trinajstić information content (AvgIpc) is 3.36. The van der Waals surface area contributed by atoms with Crippen molar-refractivity contribution in [2.24, 2.45) is 4.99 Å². The van der Waals surface area contributed by atoms with E-state index in [9.17, 15) is 4.79 Å². The van der Waals surface area contributed by atoms with Crippen molar-refractivity contribution >= 4 is 33.9 Å². The molecule has 2 aliphatic heterocycles. The summed E-state index contributed by atoms with van der Waals surface area (Å²) in [5, 5.41) is 6.88. The van der Waals surface area contributed by atoms with E-state index in [1.807, 2.05) is 29.2 Å².